The summed E-state index contributed by atoms with van der Waals surface area (Å²) in [6.07, 6.45) is 1.70. The SMILES string of the molecule is CC(C)CCOCC(N)CCO. The molecule has 3 nitrogen and oxygen atoms in total. The fourth-order valence-electron chi connectivity index (χ4n) is 0.803. The van der Waals surface area contributed by atoms with Crippen molar-refractivity contribution in [3.8, 4) is 0 Å². The first-order valence-electron chi connectivity index (χ1n) is 4.61. The third-order valence-corrected chi connectivity index (χ3v) is 1.67. The van der Waals surface area contributed by atoms with E-state index in [9.17, 15) is 0 Å². The Morgan fingerprint density at radius 3 is 2.50 bits per heavy atom. The van der Waals surface area contributed by atoms with Crippen LogP contribution in [0.5, 0.6) is 0 Å². The zero-order valence-corrected chi connectivity index (χ0v) is 8.12. The molecule has 0 saturated heterocycles. The summed E-state index contributed by atoms with van der Waals surface area (Å²) in [5.41, 5.74) is 5.62. The van der Waals surface area contributed by atoms with Crippen LogP contribution in [0, 0.1) is 5.92 Å². The molecular formula is C9H21NO2. The second-order valence-electron chi connectivity index (χ2n) is 3.53. The number of aliphatic hydroxyl groups is 1. The lowest BCUT2D eigenvalue weighted by Crippen LogP contribution is -2.27. The molecule has 0 radical (unpaired) electrons. The van der Waals surface area contributed by atoms with Crippen molar-refractivity contribution >= 4 is 0 Å². The van der Waals surface area contributed by atoms with Crippen molar-refractivity contribution in [2.24, 2.45) is 11.7 Å². The standard InChI is InChI=1S/C9H21NO2/c1-8(2)4-6-12-7-9(10)3-5-11/h8-9,11H,3-7,10H2,1-2H3. The van der Waals surface area contributed by atoms with Crippen molar-refractivity contribution in [1.82, 2.24) is 0 Å². The van der Waals surface area contributed by atoms with E-state index in [-0.39, 0.29) is 12.6 Å². The van der Waals surface area contributed by atoms with Gasteiger partial charge in [0.2, 0.25) is 0 Å². The van der Waals surface area contributed by atoms with Crippen molar-refractivity contribution in [2.75, 3.05) is 19.8 Å². The summed E-state index contributed by atoms with van der Waals surface area (Å²) < 4.78 is 5.32. The lowest BCUT2D eigenvalue weighted by Gasteiger charge is -2.11. The molecule has 74 valence electrons. The molecule has 1 unspecified atom stereocenters. The molecule has 0 aromatic rings. The van der Waals surface area contributed by atoms with E-state index in [2.05, 4.69) is 13.8 Å². The van der Waals surface area contributed by atoms with Crippen molar-refractivity contribution in [3.63, 3.8) is 0 Å². The topological polar surface area (TPSA) is 55.5 Å². The van der Waals surface area contributed by atoms with Crippen LogP contribution in [0.25, 0.3) is 0 Å². The Morgan fingerprint density at radius 1 is 1.33 bits per heavy atom. The Morgan fingerprint density at radius 2 is 2.00 bits per heavy atom. The maximum absolute atomic E-state index is 8.55. The number of hydrogen-bond acceptors (Lipinski definition) is 3. The van der Waals surface area contributed by atoms with Crippen LogP contribution in [-0.4, -0.2) is 31.0 Å². The highest BCUT2D eigenvalue weighted by molar-refractivity contribution is 4.58. The van der Waals surface area contributed by atoms with Gasteiger partial charge < -0.3 is 15.6 Å². The zero-order chi connectivity index (χ0) is 9.40. The largest absolute Gasteiger partial charge is 0.396 e. The van der Waals surface area contributed by atoms with Gasteiger partial charge in [0.25, 0.3) is 0 Å². The third-order valence-electron chi connectivity index (χ3n) is 1.67. The van der Waals surface area contributed by atoms with Gasteiger partial charge >= 0.3 is 0 Å². The van der Waals surface area contributed by atoms with Crippen LogP contribution < -0.4 is 5.73 Å². The van der Waals surface area contributed by atoms with Crippen LogP contribution in [0.4, 0.5) is 0 Å². The van der Waals surface area contributed by atoms with E-state index in [1.54, 1.807) is 0 Å². The molecule has 0 aromatic heterocycles. The number of aliphatic hydroxyl groups excluding tert-OH is 1. The summed E-state index contributed by atoms with van der Waals surface area (Å²) in [6, 6.07) is -0.0119. The second-order valence-corrected chi connectivity index (χ2v) is 3.53. The lowest BCUT2D eigenvalue weighted by molar-refractivity contribution is 0.104. The first-order valence-corrected chi connectivity index (χ1v) is 4.61. The van der Waals surface area contributed by atoms with Crippen LogP contribution in [0.3, 0.4) is 0 Å². The average molecular weight is 175 g/mol. The van der Waals surface area contributed by atoms with Gasteiger partial charge in [-0.3, -0.25) is 0 Å². The van der Waals surface area contributed by atoms with E-state index in [1.165, 1.54) is 0 Å². The first-order chi connectivity index (χ1) is 5.66. The molecule has 0 amide bonds. The van der Waals surface area contributed by atoms with Gasteiger partial charge in [0.1, 0.15) is 0 Å². The quantitative estimate of drug-likeness (QED) is 0.562. The number of hydrogen-bond donors (Lipinski definition) is 2. The maximum atomic E-state index is 8.55. The van der Waals surface area contributed by atoms with E-state index in [0.717, 1.165) is 13.0 Å². The van der Waals surface area contributed by atoms with Gasteiger partial charge in [0.15, 0.2) is 0 Å². The Hall–Kier alpha value is -0.120. The minimum Gasteiger partial charge on any atom is -0.396 e. The van der Waals surface area contributed by atoms with E-state index < -0.39 is 0 Å². The van der Waals surface area contributed by atoms with Gasteiger partial charge in [-0.2, -0.15) is 0 Å². The summed E-state index contributed by atoms with van der Waals surface area (Å²) >= 11 is 0. The molecule has 0 aliphatic carbocycles. The molecule has 0 bridgehead atoms. The van der Waals surface area contributed by atoms with Gasteiger partial charge in [-0.15, -0.1) is 0 Å². The predicted molar refractivity (Wildman–Crippen MR) is 50.0 cm³/mol. The highest BCUT2D eigenvalue weighted by atomic mass is 16.5. The average Bonchev–Trinajstić information content (AvgIpc) is 1.98. The molecule has 0 aliphatic heterocycles. The van der Waals surface area contributed by atoms with Crippen molar-refractivity contribution in [1.29, 1.82) is 0 Å². The van der Waals surface area contributed by atoms with Gasteiger partial charge in [0, 0.05) is 19.3 Å². The molecule has 3 heteroatoms. The lowest BCUT2D eigenvalue weighted by atomic mass is 10.1. The predicted octanol–water partition coefficient (Wildman–Crippen LogP) is 0.759. The summed E-state index contributed by atoms with van der Waals surface area (Å²) in [5, 5.41) is 8.55. The molecule has 3 N–H and O–H groups in total. The Balaban J connectivity index is 3.08. The van der Waals surface area contributed by atoms with Crippen LogP contribution in [0.15, 0.2) is 0 Å². The molecule has 0 fully saturated rings. The van der Waals surface area contributed by atoms with E-state index >= 15 is 0 Å². The van der Waals surface area contributed by atoms with E-state index in [0.29, 0.717) is 18.9 Å². The molecule has 0 rings (SSSR count). The molecule has 0 aliphatic rings. The minimum atomic E-state index is -0.0119. The van der Waals surface area contributed by atoms with E-state index in [4.69, 9.17) is 15.6 Å². The fraction of sp³-hybridized carbons (Fsp3) is 1.00. The van der Waals surface area contributed by atoms with Crippen molar-refractivity contribution in [2.45, 2.75) is 32.7 Å². The number of rotatable bonds is 7. The highest BCUT2D eigenvalue weighted by Crippen LogP contribution is 1.99. The third kappa shape index (κ3) is 7.98. The van der Waals surface area contributed by atoms with Gasteiger partial charge in [-0.05, 0) is 18.8 Å². The number of nitrogens with two attached hydrogens (primary N) is 1. The van der Waals surface area contributed by atoms with Gasteiger partial charge in [-0.1, -0.05) is 13.8 Å². The first kappa shape index (κ1) is 11.9. The van der Waals surface area contributed by atoms with Gasteiger partial charge in [0.05, 0.1) is 6.61 Å². The molecule has 0 spiro atoms. The van der Waals surface area contributed by atoms with Crippen LogP contribution in [0.1, 0.15) is 26.7 Å². The molecule has 0 aromatic carbocycles. The molecule has 0 heterocycles. The second kappa shape index (κ2) is 7.53. The Labute approximate surface area is 74.9 Å². The highest BCUT2D eigenvalue weighted by Gasteiger charge is 2.01. The number of ether oxygens (including phenoxy) is 1. The molecule has 1 atom stereocenters. The van der Waals surface area contributed by atoms with Crippen molar-refractivity contribution in [3.05, 3.63) is 0 Å². The van der Waals surface area contributed by atoms with Crippen LogP contribution >= 0.6 is 0 Å². The zero-order valence-electron chi connectivity index (χ0n) is 8.12. The molecular weight excluding hydrogens is 154 g/mol. The summed E-state index contributed by atoms with van der Waals surface area (Å²) in [6.45, 7) is 5.81. The van der Waals surface area contributed by atoms with Crippen molar-refractivity contribution < 1.29 is 9.84 Å². The Kier molecular flexibility index (Phi) is 7.45. The van der Waals surface area contributed by atoms with Crippen LogP contribution in [0.2, 0.25) is 0 Å². The normalized spacial score (nSPS) is 13.8. The van der Waals surface area contributed by atoms with Gasteiger partial charge in [-0.25, -0.2) is 0 Å². The minimum absolute atomic E-state index is 0.0119. The molecule has 12 heavy (non-hydrogen) atoms. The fourth-order valence-corrected chi connectivity index (χ4v) is 0.803. The summed E-state index contributed by atoms with van der Waals surface area (Å²) in [7, 11) is 0. The Bertz CT molecular complexity index is 96.5. The van der Waals surface area contributed by atoms with Crippen LogP contribution in [-0.2, 0) is 4.74 Å². The maximum Gasteiger partial charge on any atom is 0.0618 e. The monoisotopic (exact) mass is 175 g/mol. The summed E-state index contributed by atoms with van der Waals surface area (Å²) in [5.74, 6) is 0.680. The smallest absolute Gasteiger partial charge is 0.0618 e. The van der Waals surface area contributed by atoms with E-state index in [1.807, 2.05) is 0 Å². The molecule has 0 saturated carbocycles. The summed E-state index contributed by atoms with van der Waals surface area (Å²) in [4.78, 5) is 0.